The molecule has 0 aliphatic carbocycles. The van der Waals surface area contributed by atoms with Crippen molar-refractivity contribution in [2.45, 2.75) is 11.1 Å². The minimum Gasteiger partial charge on any atom is -0.327 e. The van der Waals surface area contributed by atoms with Crippen molar-refractivity contribution in [3.05, 3.63) is 66.9 Å². The van der Waals surface area contributed by atoms with Crippen LogP contribution in [-0.4, -0.2) is 22.6 Å². The van der Waals surface area contributed by atoms with Crippen LogP contribution in [0.4, 0.5) is 13.2 Å². The monoisotopic (exact) mass is 421 g/mol. The average molecular weight is 422 g/mol. The Morgan fingerprint density at radius 2 is 2.00 bits per heavy atom. The van der Waals surface area contributed by atoms with Gasteiger partial charge in [-0.2, -0.15) is 18.3 Å². The molecule has 0 saturated carbocycles. The van der Waals surface area contributed by atoms with E-state index in [4.69, 9.17) is 5.73 Å². The number of hydrogen-bond acceptors (Lipinski definition) is 4. The van der Waals surface area contributed by atoms with Crippen LogP contribution in [0.15, 0.2) is 66.1 Å². The van der Waals surface area contributed by atoms with Crippen LogP contribution >= 0.6 is 23.1 Å². The summed E-state index contributed by atoms with van der Waals surface area (Å²) in [5.74, 6) is 0. The van der Waals surface area contributed by atoms with Crippen LogP contribution in [0, 0.1) is 0 Å². The number of alkyl halides is 3. The number of thiophene rings is 1. The highest BCUT2D eigenvalue weighted by Crippen LogP contribution is 2.39. The predicted octanol–water partition coefficient (Wildman–Crippen LogP) is 6.00. The SMILES string of the molecule is C=C/C(=C\CN)n1nc(C(F)(F)F)cc1-c1ccc(-c2cccc(SC)c2)s1. The van der Waals surface area contributed by atoms with Crippen LogP contribution in [0.1, 0.15) is 5.69 Å². The third-order valence-electron chi connectivity index (χ3n) is 3.99. The van der Waals surface area contributed by atoms with Crippen molar-refractivity contribution in [2.75, 3.05) is 12.8 Å². The maximum absolute atomic E-state index is 13.3. The number of hydrogen-bond donors (Lipinski definition) is 1. The lowest BCUT2D eigenvalue weighted by Gasteiger charge is -2.07. The Bertz CT molecular complexity index is 1020. The molecule has 8 heteroatoms. The van der Waals surface area contributed by atoms with E-state index in [1.165, 1.54) is 22.1 Å². The molecule has 0 amide bonds. The van der Waals surface area contributed by atoms with Crippen molar-refractivity contribution < 1.29 is 13.2 Å². The van der Waals surface area contributed by atoms with Gasteiger partial charge in [-0.1, -0.05) is 18.7 Å². The predicted molar refractivity (Wildman–Crippen MR) is 111 cm³/mol. The first-order valence-corrected chi connectivity index (χ1v) is 10.4. The number of rotatable bonds is 6. The van der Waals surface area contributed by atoms with Gasteiger partial charge in [0.1, 0.15) is 0 Å². The van der Waals surface area contributed by atoms with Gasteiger partial charge in [0.25, 0.3) is 0 Å². The number of nitrogens with two attached hydrogens (primary N) is 1. The summed E-state index contributed by atoms with van der Waals surface area (Å²) in [6, 6.07) is 12.8. The Hall–Kier alpha value is -2.29. The molecule has 2 heterocycles. The summed E-state index contributed by atoms with van der Waals surface area (Å²) in [5, 5.41) is 3.76. The molecule has 3 aromatic rings. The number of halogens is 3. The average Bonchev–Trinajstić information content (AvgIpc) is 3.33. The summed E-state index contributed by atoms with van der Waals surface area (Å²) in [6.07, 6.45) is 0.485. The lowest BCUT2D eigenvalue weighted by atomic mass is 10.2. The Morgan fingerprint density at radius 3 is 2.64 bits per heavy atom. The molecule has 0 radical (unpaired) electrons. The fourth-order valence-electron chi connectivity index (χ4n) is 2.68. The van der Waals surface area contributed by atoms with E-state index >= 15 is 0 Å². The second kappa shape index (κ2) is 8.38. The van der Waals surface area contributed by atoms with E-state index < -0.39 is 11.9 Å². The van der Waals surface area contributed by atoms with Gasteiger partial charge in [0.05, 0.1) is 16.3 Å². The first-order valence-electron chi connectivity index (χ1n) is 8.32. The molecule has 28 heavy (non-hydrogen) atoms. The first kappa shape index (κ1) is 20.4. The molecule has 0 spiro atoms. The molecule has 2 N–H and O–H groups in total. The van der Waals surface area contributed by atoms with Crippen molar-refractivity contribution in [3.8, 4) is 21.0 Å². The smallest absolute Gasteiger partial charge is 0.327 e. The quantitative estimate of drug-likeness (QED) is 0.392. The molecule has 0 aliphatic rings. The number of aromatic nitrogens is 2. The molecule has 2 aromatic heterocycles. The number of benzene rings is 1. The molecule has 0 bridgehead atoms. The van der Waals surface area contributed by atoms with Gasteiger partial charge in [-0.15, -0.1) is 23.1 Å². The maximum atomic E-state index is 13.3. The maximum Gasteiger partial charge on any atom is 0.435 e. The van der Waals surface area contributed by atoms with Crippen LogP contribution in [-0.2, 0) is 6.18 Å². The molecule has 0 saturated heterocycles. The molecular weight excluding hydrogens is 403 g/mol. The van der Waals surface area contributed by atoms with Gasteiger partial charge in [-0.05, 0) is 54.3 Å². The van der Waals surface area contributed by atoms with Gasteiger partial charge in [0.2, 0.25) is 0 Å². The molecular formula is C20H18F3N3S2. The topological polar surface area (TPSA) is 43.8 Å². The summed E-state index contributed by atoms with van der Waals surface area (Å²) in [4.78, 5) is 2.77. The van der Waals surface area contributed by atoms with E-state index in [1.807, 2.05) is 36.6 Å². The Balaban J connectivity index is 2.10. The van der Waals surface area contributed by atoms with Gasteiger partial charge >= 0.3 is 6.18 Å². The Kier molecular flexibility index (Phi) is 6.12. The van der Waals surface area contributed by atoms with Gasteiger partial charge < -0.3 is 5.73 Å². The molecule has 146 valence electrons. The van der Waals surface area contributed by atoms with E-state index in [9.17, 15) is 13.2 Å². The van der Waals surface area contributed by atoms with Crippen LogP contribution in [0.5, 0.6) is 0 Å². The molecule has 0 atom stereocenters. The summed E-state index contributed by atoms with van der Waals surface area (Å²) < 4.78 is 41.0. The lowest BCUT2D eigenvalue weighted by Crippen LogP contribution is -2.08. The van der Waals surface area contributed by atoms with Gasteiger partial charge in [-0.25, -0.2) is 4.68 Å². The van der Waals surface area contributed by atoms with Gasteiger partial charge in [-0.3, -0.25) is 0 Å². The van der Waals surface area contributed by atoms with E-state index in [-0.39, 0.29) is 6.54 Å². The minimum atomic E-state index is -4.54. The van der Waals surface area contributed by atoms with Gasteiger partial charge in [0.15, 0.2) is 5.69 Å². The summed E-state index contributed by atoms with van der Waals surface area (Å²) >= 11 is 3.05. The van der Waals surface area contributed by atoms with E-state index in [2.05, 4.69) is 17.7 Å². The highest BCUT2D eigenvalue weighted by molar-refractivity contribution is 7.98. The lowest BCUT2D eigenvalue weighted by molar-refractivity contribution is -0.141. The zero-order valence-corrected chi connectivity index (χ0v) is 16.7. The third-order valence-corrected chi connectivity index (χ3v) is 5.88. The molecule has 3 nitrogen and oxygen atoms in total. The summed E-state index contributed by atoms with van der Waals surface area (Å²) in [6.45, 7) is 3.84. The van der Waals surface area contributed by atoms with Crippen molar-refractivity contribution in [2.24, 2.45) is 5.73 Å². The first-order chi connectivity index (χ1) is 13.4. The second-order valence-corrected chi connectivity index (χ2v) is 7.75. The zero-order valence-electron chi connectivity index (χ0n) is 15.0. The molecule has 1 aromatic carbocycles. The zero-order chi connectivity index (χ0) is 20.3. The Labute approximate surface area is 169 Å². The molecule has 0 unspecified atom stereocenters. The second-order valence-electron chi connectivity index (χ2n) is 5.79. The number of allylic oxidation sites excluding steroid dienone is 2. The fourth-order valence-corrected chi connectivity index (χ4v) is 4.14. The van der Waals surface area contributed by atoms with Crippen LogP contribution in [0.25, 0.3) is 26.7 Å². The summed E-state index contributed by atoms with van der Waals surface area (Å²) in [5.41, 5.74) is 6.37. The summed E-state index contributed by atoms with van der Waals surface area (Å²) in [7, 11) is 0. The van der Waals surface area contributed by atoms with Crippen molar-refractivity contribution in [1.82, 2.24) is 9.78 Å². The highest BCUT2D eigenvalue weighted by Gasteiger charge is 2.35. The van der Waals surface area contributed by atoms with Crippen molar-refractivity contribution in [3.63, 3.8) is 0 Å². The molecule has 3 rings (SSSR count). The number of thioether (sulfide) groups is 1. The minimum absolute atomic E-state index is 0.166. The van der Waals surface area contributed by atoms with Crippen molar-refractivity contribution in [1.29, 1.82) is 0 Å². The standard InChI is InChI=1S/C20H18F3N3S2/c1-3-14(9-10-24)26-16(12-19(25-26)20(21,22)23)18-8-7-17(28-18)13-5-4-6-15(11-13)27-2/h3-9,11-12H,1,10,24H2,2H3/b14-9+. The van der Waals surface area contributed by atoms with Crippen LogP contribution in [0.3, 0.4) is 0 Å². The molecule has 0 fully saturated rings. The molecule has 0 aliphatic heterocycles. The largest absolute Gasteiger partial charge is 0.435 e. The van der Waals surface area contributed by atoms with E-state index in [0.29, 0.717) is 16.3 Å². The van der Waals surface area contributed by atoms with Crippen LogP contribution < -0.4 is 5.73 Å². The van der Waals surface area contributed by atoms with Gasteiger partial charge in [0, 0.05) is 16.3 Å². The van der Waals surface area contributed by atoms with Crippen LogP contribution in [0.2, 0.25) is 0 Å². The van der Waals surface area contributed by atoms with E-state index in [1.54, 1.807) is 17.8 Å². The van der Waals surface area contributed by atoms with Crippen molar-refractivity contribution >= 4 is 28.8 Å². The highest BCUT2D eigenvalue weighted by atomic mass is 32.2. The Morgan fingerprint density at radius 1 is 1.25 bits per heavy atom. The van der Waals surface area contributed by atoms with E-state index in [0.717, 1.165) is 21.4 Å². The fraction of sp³-hybridized carbons (Fsp3) is 0.150. The third kappa shape index (κ3) is 4.24. The normalized spacial score (nSPS) is 12.4. The number of nitrogens with zero attached hydrogens (tertiary/aromatic N) is 2.